The molecule has 3 aromatic heterocycles. The van der Waals surface area contributed by atoms with E-state index < -0.39 is 190 Å². The summed E-state index contributed by atoms with van der Waals surface area (Å²) < 4.78 is 240. The Balaban J connectivity index is 0.0000115. The van der Waals surface area contributed by atoms with Crippen molar-refractivity contribution < 1.29 is 63.3 Å². The van der Waals surface area contributed by atoms with Gasteiger partial charge in [0, 0.05) is 44.3 Å². The van der Waals surface area contributed by atoms with Crippen LogP contribution in [-0.2, 0) is 37.3 Å². The van der Waals surface area contributed by atoms with Crippen LogP contribution in [0.5, 0.6) is 11.5 Å². The van der Waals surface area contributed by atoms with Crippen molar-refractivity contribution in [2.24, 2.45) is 0 Å². The van der Waals surface area contributed by atoms with Crippen molar-refractivity contribution in [3.8, 4) is 62.1 Å². The number of hydrogen-bond acceptors (Lipinski definition) is 2. The van der Waals surface area contributed by atoms with Crippen molar-refractivity contribution in [3.63, 3.8) is 0 Å². The first-order chi connectivity index (χ1) is 53.5. The number of aromatic nitrogens is 4. The smallest absolute Gasteiger partial charge is 0.268 e. The molecule has 0 fully saturated rings. The third-order valence-electron chi connectivity index (χ3n) is 16.2. The van der Waals surface area contributed by atoms with Crippen LogP contribution < -0.4 is 30.1 Å². The van der Waals surface area contributed by atoms with Gasteiger partial charge in [0.25, 0.3) is 6.33 Å². The number of para-hydroxylation sites is 2. The fraction of sp³-hybridized carbons (Fsp3) is 0.143. The second-order valence-electron chi connectivity index (χ2n) is 25.1. The molecule has 5 nitrogen and oxygen atoms in total. The van der Waals surface area contributed by atoms with Crippen molar-refractivity contribution in [1.82, 2.24) is 14.1 Å². The minimum absolute atomic E-state index is 0. The summed E-state index contributed by atoms with van der Waals surface area (Å²) in [4.78, 5) is 4.85. The van der Waals surface area contributed by atoms with E-state index in [-0.39, 0.29) is 77.1 Å². The zero-order valence-corrected chi connectivity index (χ0v) is 54.4. The predicted molar refractivity (Wildman–Crippen MR) is 376 cm³/mol. The molecular formula is C84H72N4OPtSi-2. The maximum absolute atomic E-state index is 11.1. The molecular weight excluding hydrogens is 1300 g/mol. The maximum atomic E-state index is 11.1. The summed E-state index contributed by atoms with van der Waals surface area (Å²) in [5.41, 5.74) is 3.75. The Bertz CT molecular complexity index is 6180. The molecule has 0 saturated heterocycles. The molecule has 0 saturated carbocycles. The quantitative estimate of drug-likeness (QED) is 0.0529. The van der Waals surface area contributed by atoms with Gasteiger partial charge in [-0.1, -0.05) is 280 Å². The molecule has 0 spiro atoms. The second-order valence-corrected chi connectivity index (χ2v) is 28.6. The molecule has 14 aromatic rings. The molecule has 0 atom stereocenters. The molecule has 11 aromatic carbocycles. The Morgan fingerprint density at radius 2 is 1.03 bits per heavy atom. The van der Waals surface area contributed by atoms with Gasteiger partial charge in [0.15, 0.2) is 8.07 Å². The second kappa shape index (κ2) is 24.1. The average molecular weight is 1400 g/mol. The summed E-state index contributed by atoms with van der Waals surface area (Å²) in [5, 5.41) is -2.20. The van der Waals surface area contributed by atoms with Crippen LogP contribution in [0.1, 0.15) is 112 Å². The van der Waals surface area contributed by atoms with Crippen molar-refractivity contribution >= 4 is 61.7 Å². The van der Waals surface area contributed by atoms with Crippen molar-refractivity contribution in [3.05, 3.63) is 308 Å². The number of ether oxygens (including phenoxy) is 1. The van der Waals surface area contributed by atoms with Gasteiger partial charge in [0.05, 0.1) is 49.6 Å². The Kier molecular flexibility index (Phi) is 10.1. The predicted octanol–water partition coefficient (Wildman–Crippen LogP) is 17.9. The third-order valence-corrected chi connectivity index (χ3v) is 20.2. The number of nitrogens with zero attached hydrogens (tertiary/aromatic N) is 4. The van der Waals surface area contributed by atoms with Crippen LogP contribution in [0, 0.1) is 18.5 Å². The van der Waals surface area contributed by atoms with E-state index in [2.05, 4.69) is 45.3 Å². The molecule has 0 amide bonds. The van der Waals surface area contributed by atoms with Crippen LogP contribution in [-0.4, -0.2) is 22.2 Å². The van der Waals surface area contributed by atoms with Crippen molar-refractivity contribution in [2.45, 2.75) is 78.6 Å². The number of fused-ring (bicyclic) bond motifs is 4. The van der Waals surface area contributed by atoms with Crippen molar-refractivity contribution in [1.29, 1.82) is 0 Å². The number of hydrogen-bond donors (Lipinski definition) is 0. The number of imidazole rings is 1. The summed E-state index contributed by atoms with van der Waals surface area (Å²) in [6, 6.07) is 19.5. The number of benzene rings is 11. The first-order valence-corrected chi connectivity index (χ1v) is 31.3. The van der Waals surface area contributed by atoms with E-state index in [0.29, 0.717) is 22.5 Å². The van der Waals surface area contributed by atoms with Gasteiger partial charge in [-0.2, -0.15) is 18.2 Å². The van der Waals surface area contributed by atoms with Gasteiger partial charge in [-0.05, 0) is 122 Å². The van der Waals surface area contributed by atoms with E-state index >= 15 is 0 Å². The van der Waals surface area contributed by atoms with Crippen LogP contribution in [0.3, 0.4) is 0 Å². The number of rotatable bonds is 12. The minimum Gasteiger partial charge on any atom is -0.510 e. The molecule has 7 heteroatoms. The minimum atomic E-state index is -6.37. The zero-order valence-electron chi connectivity index (χ0n) is 75.1. The van der Waals surface area contributed by atoms with E-state index in [0.717, 1.165) is 33.0 Å². The topological polar surface area (TPSA) is 35.9 Å². The number of pyridine rings is 1. The van der Waals surface area contributed by atoms with Gasteiger partial charge < -0.3 is 13.9 Å². The van der Waals surface area contributed by atoms with E-state index in [9.17, 15) is 24.7 Å². The fourth-order valence-corrected chi connectivity index (χ4v) is 15.1. The van der Waals surface area contributed by atoms with E-state index in [4.69, 9.17) is 17.9 Å². The van der Waals surface area contributed by atoms with Gasteiger partial charge in [-0.25, -0.2) is 4.98 Å². The van der Waals surface area contributed by atoms with E-state index in [1.807, 2.05) is 101 Å². The third kappa shape index (κ3) is 11.3. The van der Waals surface area contributed by atoms with Crippen LogP contribution in [0.25, 0.3) is 83.4 Å². The Labute approximate surface area is 585 Å². The fourth-order valence-electron chi connectivity index (χ4n) is 11.5. The Hall–Kier alpha value is -9.45. The summed E-state index contributed by atoms with van der Waals surface area (Å²) >= 11 is 0. The van der Waals surface area contributed by atoms with Crippen LogP contribution >= 0.6 is 0 Å². The largest absolute Gasteiger partial charge is 0.510 e. The van der Waals surface area contributed by atoms with Gasteiger partial charge in [-0.15, -0.1) is 29.7 Å². The molecule has 0 N–H and O–H groups in total. The van der Waals surface area contributed by atoms with Crippen LogP contribution in [0.15, 0.2) is 273 Å². The molecule has 0 bridgehead atoms. The monoisotopic (exact) mass is 1400 g/mol. The van der Waals surface area contributed by atoms with Crippen LogP contribution in [0.2, 0.25) is 0 Å². The van der Waals surface area contributed by atoms with E-state index in [1.54, 1.807) is 63.9 Å². The Morgan fingerprint density at radius 1 is 0.462 bits per heavy atom. The van der Waals surface area contributed by atoms with E-state index in [1.165, 1.54) is 12.1 Å². The standard InChI is InChI=1S/C84H72N4OSi.Pt/c1-82(2,3)62-47-48-85-80(54-62)88-76-42-23-22-39-74(76)75-45-44-67(56-78(75)88)89-66-31-25-30-65(55-66)86-57-87(77-46-43-59(52-79(77)86)58-27-14-10-15-28-58)81-72(40-26-41-73(81)61-49-63(83(4,5)6)53-64(50-61)84(7,8)9)60-29-24-38-71(51-60)90(68-32-16-11-17-33-68,69-34-18-12-19-35-69)70-36-20-13-21-37-70;/h10-54H,1-9H3;/q-2;/i10D,11D,12D,13D,14D,15D,16D,17D,18D,19D,20D,21D,24D,27D,28D,29D,32D,33D,34D,35D,36D,37D,38D,51D;. The van der Waals surface area contributed by atoms with Gasteiger partial charge >= 0.3 is 0 Å². The molecule has 0 aliphatic carbocycles. The normalized spacial score (nSPS) is 15.8. The van der Waals surface area contributed by atoms with Crippen LogP contribution in [0.4, 0.5) is 0 Å². The maximum Gasteiger partial charge on any atom is 0.268 e. The summed E-state index contributed by atoms with van der Waals surface area (Å²) in [6.07, 6.45) is 5.31. The first kappa shape index (κ1) is 38.3. The zero-order chi connectivity index (χ0) is 82.8. The molecule has 14 rings (SSSR count). The molecule has 0 aliphatic rings. The van der Waals surface area contributed by atoms with Gasteiger partial charge in [0.2, 0.25) is 0 Å². The molecule has 0 unspecified atom stereocenters. The van der Waals surface area contributed by atoms with Gasteiger partial charge in [0.1, 0.15) is 5.82 Å². The molecule has 91 heavy (non-hydrogen) atoms. The first-order valence-electron chi connectivity index (χ1n) is 41.3. The summed E-state index contributed by atoms with van der Waals surface area (Å²) in [7, 11) is -6.37. The average Bonchev–Trinajstić information content (AvgIpc) is 1.59. The Morgan fingerprint density at radius 3 is 1.67 bits per heavy atom. The molecule has 0 radical (unpaired) electrons. The summed E-state index contributed by atoms with van der Waals surface area (Å²) in [5.74, 6) is 1.09. The molecule has 3 heterocycles. The summed E-state index contributed by atoms with van der Waals surface area (Å²) in [6.45, 7) is 18.6. The molecule has 450 valence electrons. The SMILES string of the molecule is [2H]c1c([2H])c([2H])c(-c2ccc3c(c2)n(-c2[c-]c(Oc4[c-]c5c(cc4)c4ccccc4n5-c4cc(C(C)(C)C)ccn4)ccc2)[c-][n+]3-c2c(-c3cc(C(C)(C)C)cc(C(C)(C)C)c3)cccc2-c2c([2H])c([2H])c([2H])c([Si](c3c([2H])c([2H])c([2H])c([2H])c3[2H])(c3c([2H])c([2H])c([2H])c([2H])c3[2H])c3c([2H])c([2H])c([2H])c([2H])c3[2H])c2[2H])c([2H])c1[2H].[Pt]. The van der Waals surface area contributed by atoms with Crippen molar-refractivity contribution in [2.75, 3.05) is 0 Å². The van der Waals surface area contributed by atoms with Gasteiger partial charge in [-0.3, -0.25) is 4.57 Å². The molecule has 0 aliphatic heterocycles.